The minimum atomic E-state index is 1.04. The van der Waals surface area contributed by atoms with Crippen molar-refractivity contribution in [2.75, 3.05) is 38.5 Å². The van der Waals surface area contributed by atoms with Crippen molar-refractivity contribution in [2.24, 2.45) is 4.99 Å². The van der Waals surface area contributed by atoms with E-state index in [1.165, 1.54) is 15.4 Å². The van der Waals surface area contributed by atoms with Crippen molar-refractivity contribution < 1.29 is 0 Å². The van der Waals surface area contributed by atoms with Gasteiger partial charge in [-0.25, -0.2) is 4.99 Å². The first-order valence-electron chi connectivity index (χ1n) is 8.15. The molecule has 5 heteroatoms. The Labute approximate surface area is 149 Å². The third-order valence-electron chi connectivity index (χ3n) is 4.14. The first-order valence-corrected chi connectivity index (χ1v) is 8.97. The zero-order chi connectivity index (χ0) is 17.7. The summed E-state index contributed by atoms with van der Waals surface area (Å²) in [5.74, 6) is 1.12. The topological polar surface area (TPSA) is 30.9 Å². The number of piperazine rings is 1. The van der Waals surface area contributed by atoms with Crippen molar-refractivity contribution in [2.45, 2.75) is 20.8 Å². The van der Waals surface area contributed by atoms with Crippen molar-refractivity contribution in [3.63, 3.8) is 0 Å². The molecule has 2 aliphatic heterocycles. The molecule has 1 aromatic rings. The van der Waals surface area contributed by atoms with Crippen molar-refractivity contribution >= 4 is 22.2 Å². The van der Waals surface area contributed by atoms with Crippen LogP contribution in [0.1, 0.15) is 24.3 Å². The number of nitrogens with zero attached hydrogens (tertiary/aromatic N) is 3. The van der Waals surface area contributed by atoms with Crippen LogP contribution in [-0.2, 0) is 0 Å². The van der Waals surface area contributed by atoms with Gasteiger partial charge in [0.15, 0.2) is 0 Å². The summed E-state index contributed by atoms with van der Waals surface area (Å²) in [6.07, 6.45) is 12.2. The zero-order valence-corrected chi connectivity index (χ0v) is 15.8. The minimum absolute atomic E-state index is 1.04. The SMILES string of the molecule is C#C.C/C=C\C1=C(C)N=C(N2CCN(C)CC2)c2cc(C)sc2N1. The fourth-order valence-corrected chi connectivity index (χ4v) is 3.77. The lowest BCUT2D eigenvalue weighted by atomic mass is 10.2. The van der Waals surface area contributed by atoms with E-state index in [1.807, 2.05) is 6.92 Å². The van der Waals surface area contributed by atoms with Gasteiger partial charge in [0.05, 0.1) is 17.0 Å². The Morgan fingerprint density at radius 1 is 1.21 bits per heavy atom. The molecule has 1 saturated heterocycles. The molecule has 4 nitrogen and oxygen atoms in total. The lowest BCUT2D eigenvalue weighted by molar-refractivity contribution is 0.215. The Kier molecular flexibility index (Phi) is 6.24. The summed E-state index contributed by atoms with van der Waals surface area (Å²) in [6.45, 7) is 10.5. The lowest BCUT2D eigenvalue weighted by Crippen LogP contribution is -2.47. The molecule has 1 N–H and O–H groups in total. The van der Waals surface area contributed by atoms with Gasteiger partial charge in [-0.1, -0.05) is 6.08 Å². The van der Waals surface area contributed by atoms with E-state index < -0.39 is 0 Å². The maximum atomic E-state index is 4.98. The second kappa shape index (κ2) is 8.18. The maximum absolute atomic E-state index is 4.98. The van der Waals surface area contributed by atoms with Crippen molar-refractivity contribution in [3.05, 3.63) is 40.1 Å². The number of nitrogens with one attached hydrogen (secondary N) is 1. The number of hydrogen-bond donors (Lipinski definition) is 1. The summed E-state index contributed by atoms with van der Waals surface area (Å²) >= 11 is 1.81. The maximum Gasteiger partial charge on any atom is 0.139 e. The van der Waals surface area contributed by atoms with Gasteiger partial charge < -0.3 is 15.1 Å². The fraction of sp³-hybridized carbons (Fsp3) is 0.421. The van der Waals surface area contributed by atoms with E-state index in [9.17, 15) is 0 Å². The number of anilines is 1. The highest BCUT2D eigenvalue weighted by Crippen LogP contribution is 2.33. The largest absolute Gasteiger partial charge is 0.353 e. The van der Waals surface area contributed by atoms with E-state index in [0.717, 1.165) is 43.4 Å². The van der Waals surface area contributed by atoms with Crippen molar-refractivity contribution in [3.8, 4) is 12.8 Å². The van der Waals surface area contributed by atoms with Crippen LogP contribution in [0.15, 0.2) is 34.6 Å². The highest BCUT2D eigenvalue weighted by atomic mass is 32.1. The van der Waals surface area contributed by atoms with Gasteiger partial charge in [0.25, 0.3) is 0 Å². The third kappa shape index (κ3) is 3.89. The van der Waals surface area contributed by atoms with E-state index in [2.05, 4.69) is 67.1 Å². The number of terminal acetylenes is 1. The molecule has 0 bridgehead atoms. The van der Waals surface area contributed by atoms with E-state index in [1.54, 1.807) is 11.3 Å². The molecule has 128 valence electrons. The first-order chi connectivity index (χ1) is 11.6. The number of allylic oxidation sites excluding steroid dienone is 3. The van der Waals surface area contributed by atoms with Gasteiger partial charge in [0, 0.05) is 31.1 Å². The number of hydrogen-bond acceptors (Lipinski definition) is 5. The fourth-order valence-electron chi connectivity index (χ4n) is 2.85. The second-order valence-electron chi connectivity index (χ2n) is 5.95. The summed E-state index contributed by atoms with van der Waals surface area (Å²) in [5, 5.41) is 4.78. The number of thiophene rings is 1. The van der Waals surface area contributed by atoms with Gasteiger partial charge in [-0.3, -0.25) is 0 Å². The van der Waals surface area contributed by atoms with E-state index in [4.69, 9.17) is 4.99 Å². The average molecular weight is 343 g/mol. The Bertz CT molecular complexity index is 685. The van der Waals surface area contributed by atoms with Gasteiger partial charge in [0.2, 0.25) is 0 Å². The number of rotatable bonds is 1. The van der Waals surface area contributed by atoms with E-state index in [-0.39, 0.29) is 0 Å². The second-order valence-corrected chi connectivity index (χ2v) is 7.21. The van der Waals surface area contributed by atoms with Crippen LogP contribution in [0.2, 0.25) is 0 Å². The standard InChI is InChI=1S/C17H24N4S.C2H2/c1-5-6-15-13(3)18-16(21-9-7-20(4)8-10-21)14-11-12(2)22-17(14)19-15;1-2/h5-6,11,19H,7-10H2,1-4H3;1-2H/b6-5-;. The third-order valence-corrected chi connectivity index (χ3v) is 5.11. The van der Waals surface area contributed by atoms with E-state index >= 15 is 0 Å². The number of amidine groups is 1. The van der Waals surface area contributed by atoms with Crippen molar-refractivity contribution in [1.29, 1.82) is 0 Å². The van der Waals surface area contributed by atoms with Crippen LogP contribution in [0.4, 0.5) is 5.00 Å². The van der Waals surface area contributed by atoms with Gasteiger partial charge >= 0.3 is 0 Å². The average Bonchev–Trinajstić information content (AvgIpc) is 2.89. The molecule has 0 radical (unpaired) electrons. The molecular formula is C19H26N4S. The number of likely N-dealkylation sites (N-methyl/N-ethyl adjacent to an activating group) is 1. The normalized spacial score (nSPS) is 18.4. The van der Waals surface area contributed by atoms with Crippen LogP contribution >= 0.6 is 11.3 Å². The van der Waals surface area contributed by atoms with Crippen molar-refractivity contribution in [1.82, 2.24) is 9.80 Å². The zero-order valence-electron chi connectivity index (χ0n) is 15.0. The van der Waals surface area contributed by atoms with Crippen LogP contribution in [0.5, 0.6) is 0 Å². The number of aryl methyl sites for hydroxylation is 1. The molecular weight excluding hydrogens is 316 g/mol. The predicted molar refractivity (Wildman–Crippen MR) is 106 cm³/mol. The smallest absolute Gasteiger partial charge is 0.139 e. The molecule has 0 unspecified atom stereocenters. The Morgan fingerprint density at radius 3 is 2.50 bits per heavy atom. The van der Waals surface area contributed by atoms with Gasteiger partial charge in [-0.05, 0) is 40.0 Å². The van der Waals surface area contributed by atoms with Crippen LogP contribution in [-0.4, -0.2) is 48.9 Å². The molecule has 0 saturated carbocycles. The van der Waals surface area contributed by atoms with Crippen LogP contribution in [0.3, 0.4) is 0 Å². The lowest BCUT2D eigenvalue weighted by Gasteiger charge is -2.34. The molecule has 1 fully saturated rings. The summed E-state index contributed by atoms with van der Waals surface area (Å²) in [6, 6.07) is 2.26. The monoisotopic (exact) mass is 342 g/mol. The molecule has 24 heavy (non-hydrogen) atoms. The Morgan fingerprint density at radius 2 is 1.88 bits per heavy atom. The highest BCUT2D eigenvalue weighted by Gasteiger charge is 2.25. The van der Waals surface area contributed by atoms with E-state index in [0.29, 0.717) is 0 Å². The molecule has 2 aliphatic rings. The van der Waals surface area contributed by atoms with Crippen LogP contribution in [0.25, 0.3) is 0 Å². The highest BCUT2D eigenvalue weighted by molar-refractivity contribution is 7.16. The van der Waals surface area contributed by atoms with Crippen LogP contribution < -0.4 is 5.32 Å². The first kappa shape index (κ1) is 18.3. The molecule has 3 rings (SSSR count). The minimum Gasteiger partial charge on any atom is -0.353 e. The molecule has 0 spiro atoms. The summed E-state index contributed by atoms with van der Waals surface area (Å²) in [7, 11) is 2.18. The number of aliphatic imine (C=N–C) groups is 1. The molecule has 0 aromatic carbocycles. The summed E-state index contributed by atoms with van der Waals surface area (Å²) in [5.41, 5.74) is 3.38. The molecule has 0 atom stereocenters. The molecule has 0 aliphatic carbocycles. The van der Waals surface area contributed by atoms with Gasteiger partial charge in [0.1, 0.15) is 10.8 Å². The predicted octanol–water partition coefficient (Wildman–Crippen LogP) is 3.53. The summed E-state index contributed by atoms with van der Waals surface area (Å²) in [4.78, 5) is 11.1. The number of fused-ring (bicyclic) bond motifs is 1. The quantitative estimate of drug-likeness (QED) is 0.792. The van der Waals surface area contributed by atoms with Crippen LogP contribution in [0, 0.1) is 19.8 Å². The Hall–Kier alpha value is -2.03. The molecule has 3 heterocycles. The van der Waals surface area contributed by atoms with Gasteiger partial charge in [-0.15, -0.1) is 24.2 Å². The molecule has 1 aromatic heterocycles. The molecule has 0 amide bonds. The summed E-state index contributed by atoms with van der Waals surface area (Å²) < 4.78 is 0. The van der Waals surface area contributed by atoms with Gasteiger partial charge in [-0.2, -0.15) is 0 Å². The Balaban J connectivity index is 0.00000100.